The van der Waals surface area contributed by atoms with Crippen LogP contribution in [0.1, 0.15) is 32.8 Å². The second-order valence-corrected chi connectivity index (χ2v) is 8.73. The molecular weight excluding hydrogens is 364 g/mol. The van der Waals surface area contributed by atoms with Crippen molar-refractivity contribution in [3.63, 3.8) is 0 Å². The molecule has 0 unspecified atom stereocenters. The minimum absolute atomic E-state index is 0.0394. The third-order valence-electron chi connectivity index (χ3n) is 4.64. The van der Waals surface area contributed by atoms with Crippen LogP contribution in [0.3, 0.4) is 0 Å². The first-order valence-corrected chi connectivity index (χ1v) is 10.5. The average Bonchev–Trinajstić information content (AvgIpc) is 2.64. The van der Waals surface area contributed by atoms with E-state index in [4.69, 9.17) is 0 Å². The van der Waals surface area contributed by atoms with Gasteiger partial charge in [0.2, 0.25) is 10.0 Å². The predicted octanol–water partition coefficient (Wildman–Crippen LogP) is 1.95. The van der Waals surface area contributed by atoms with E-state index >= 15 is 0 Å². The molecule has 0 amide bonds. The number of fused-ring (bicyclic) bond motifs is 1. The van der Waals surface area contributed by atoms with Crippen LogP contribution in [-0.4, -0.2) is 30.7 Å². The highest BCUT2D eigenvalue weighted by Crippen LogP contribution is 2.29. The Morgan fingerprint density at radius 1 is 1.22 bits per heavy atom. The van der Waals surface area contributed by atoms with Gasteiger partial charge in [0.05, 0.1) is 11.4 Å². The van der Waals surface area contributed by atoms with E-state index in [0.717, 1.165) is 22.2 Å². The van der Waals surface area contributed by atoms with Gasteiger partial charge in [0, 0.05) is 30.4 Å². The molecule has 1 atom stereocenters. The molecule has 0 saturated carbocycles. The highest BCUT2D eigenvalue weighted by atomic mass is 32.2. The van der Waals surface area contributed by atoms with Gasteiger partial charge in [-0.3, -0.25) is 4.79 Å². The molecule has 1 aliphatic rings. The zero-order valence-corrected chi connectivity index (χ0v) is 16.7. The van der Waals surface area contributed by atoms with Crippen LogP contribution >= 0.6 is 0 Å². The molecule has 1 aliphatic heterocycles. The van der Waals surface area contributed by atoms with Gasteiger partial charge in [-0.15, -0.1) is 0 Å². The number of hydrogen-bond donors (Lipinski definition) is 2. The zero-order valence-electron chi connectivity index (χ0n) is 15.9. The molecule has 0 fully saturated rings. The molecule has 0 bridgehead atoms. The Balaban J connectivity index is 2.19. The molecule has 2 N–H and O–H groups in total. The number of hydrogen-bond acceptors (Lipinski definition) is 5. The maximum absolute atomic E-state index is 12.5. The van der Waals surface area contributed by atoms with Crippen LogP contribution in [0.5, 0.6) is 0 Å². The molecule has 2 heterocycles. The van der Waals surface area contributed by atoms with Gasteiger partial charge in [-0.25, -0.2) is 13.4 Å². The number of sulfonamides is 1. The highest BCUT2D eigenvalue weighted by molar-refractivity contribution is 7.89. The summed E-state index contributed by atoms with van der Waals surface area (Å²) in [4.78, 5) is 16.9. The molecule has 0 saturated heterocycles. The number of nitrogens with one attached hydrogen (secondary N) is 2. The van der Waals surface area contributed by atoms with Gasteiger partial charge >= 0.3 is 0 Å². The normalized spacial score (nSPS) is 20.1. The summed E-state index contributed by atoms with van der Waals surface area (Å²) in [6.07, 6.45) is 4.18. The van der Waals surface area contributed by atoms with E-state index in [-0.39, 0.29) is 11.3 Å². The number of aromatic nitrogens is 1. The minimum Gasteiger partial charge on any atom is -0.348 e. The van der Waals surface area contributed by atoms with Gasteiger partial charge in [0.25, 0.3) is 5.56 Å². The molecule has 1 aromatic carbocycles. The SMILES string of the molecule is CCC1=C(c2cn(C)c(=O)c3ccccc23)N[C@](C)(NS(=O)(=O)CC)N=C1. The van der Waals surface area contributed by atoms with E-state index in [1.165, 1.54) is 0 Å². The summed E-state index contributed by atoms with van der Waals surface area (Å²) in [6, 6.07) is 7.40. The first kappa shape index (κ1) is 19.3. The molecule has 144 valence electrons. The van der Waals surface area contributed by atoms with Crippen LogP contribution in [0.4, 0.5) is 0 Å². The Hall–Kier alpha value is -2.45. The van der Waals surface area contributed by atoms with Crippen molar-refractivity contribution in [1.29, 1.82) is 0 Å². The molecule has 2 aromatic rings. The van der Waals surface area contributed by atoms with Gasteiger partial charge < -0.3 is 9.88 Å². The lowest BCUT2D eigenvalue weighted by molar-refractivity contribution is 0.394. The van der Waals surface area contributed by atoms with Crippen molar-refractivity contribution in [2.45, 2.75) is 33.0 Å². The fourth-order valence-electron chi connectivity index (χ4n) is 3.18. The summed E-state index contributed by atoms with van der Waals surface area (Å²) in [5.74, 6) is -1.24. The lowest BCUT2D eigenvalue weighted by atomic mass is 9.99. The number of rotatable bonds is 5. The molecule has 0 spiro atoms. The van der Waals surface area contributed by atoms with E-state index in [1.807, 2.05) is 25.1 Å². The van der Waals surface area contributed by atoms with Crippen LogP contribution < -0.4 is 15.6 Å². The molecular formula is C19H24N4O3S. The monoisotopic (exact) mass is 388 g/mol. The van der Waals surface area contributed by atoms with Crippen molar-refractivity contribution in [3.8, 4) is 0 Å². The van der Waals surface area contributed by atoms with Gasteiger partial charge in [-0.1, -0.05) is 25.1 Å². The summed E-state index contributed by atoms with van der Waals surface area (Å²) >= 11 is 0. The molecule has 8 heteroatoms. The van der Waals surface area contributed by atoms with E-state index in [2.05, 4.69) is 15.0 Å². The van der Waals surface area contributed by atoms with Crippen molar-refractivity contribution in [2.75, 3.05) is 5.75 Å². The lowest BCUT2D eigenvalue weighted by Crippen LogP contribution is -2.56. The molecule has 27 heavy (non-hydrogen) atoms. The maximum Gasteiger partial charge on any atom is 0.258 e. The van der Waals surface area contributed by atoms with Crippen LogP contribution in [-0.2, 0) is 17.1 Å². The number of benzene rings is 1. The van der Waals surface area contributed by atoms with Crippen molar-refractivity contribution in [3.05, 3.63) is 52.0 Å². The Bertz CT molecular complexity index is 1120. The molecule has 0 aliphatic carbocycles. The van der Waals surface area contributed by atoms with E-state index in [9.17, 15) is 13.2 Å². The molecule has 3 rings (SSSR count). The highest BCUT2D eigenvalue weighted by Gasteiger charge is 2.32. The van der Waals surface area contributed by atoms with Crippen molar-refractivity contribution < 1.29 is 8.42 Å². The molecule has 1 aromatic heterocycles. The van der Waals surface area contributed by atoms with Gasteiger partial charge in [0.15, 0.2) is 5.79 Å². The van der Waals surface area contributed by atoms with E-state index in [0.29, 0.717) is 11.8 Å². The number of aliphatic imine (C=N–C) groups is 1. The minimum atomic E-state index is -3.47. The molecule has 0 radical (unpaired) electrons. The Morgan fingerprint density at radius 3 is 2.52 bits per heavy atom. The maximum atomic E-state index is 12.5. The third-order valence-corrected chi connectivity index (χ3v) is 6.11. The van der Waals surface area contributed by atoms with Crippen molar-refractivity contribution in [2.24, 2.45) is 12.0 Å². The van der Waals surface area contributed by atoms with Gasteiger partial charge in [-0.05, 0) is 37.3 Å². The first-order chi connectivity index (χ1) is 12.7. The summed E-state index contributed by atoms with van der Waals surface area (Å²) < 4.78 is 28.3. The van der Waals surface area contributed by atoms with Crippen molar-refractivity contribution >= 4 is 32.7 Å². The topological polar surface area (TPSA) is 92.6 Å². The van der Waals surface area contributed by atoms with Crippen LogP contribution in [0.2, 0.25) is 0 Å². The number of pyridine rings is 1. The average molecular weight is 388 g/mol. The van der Waals surface area contributed by atoms with Gasteiger partial charge in [-0.2, -0.15) is 4.72 Å². The number of allylic oxidation sites excluding steroid dienone is 1. The predicted molar refractivity (Wildman–Crippen MR) is 109 cm³/mol. The quantitative estimate of drug-likeness (QED) is 0.819. The molecule has 7 nitrogen and oxygen atoms in total. The number of aryl methyl sites for hydroxylation is 1. The van der Waals surface area contributed by atoms with E-state index < -0.39 is 15.8 Å². The van der Waals surface area contributed by atoms with Crippen LogP contribution in [0.15, 0.2) is 45.8 Å². The standard InChI is InChI=1S/C19H24N4O3S/c1-5-13-11-20-19(3,22-27(25,26)6-2)21-17(13)16-12-23(4)18(24)15-10-8-7-9-14(15)16/h7-12,21-22H,5-6H2,1-4H3/t19-/m1/s1. The summed E-state index contributed by atoms with van der Waals surface area (Å²) in [6.45, 7) is 5.26. The Kier molecular flexibility index (Phi) is 4.96. The second kappa shape index (κ2) is 6.94. The second-order valence-electron chi connectivity index (χ2n) is 6.72. The summed E-state index contributed by atoms with van der Waals surface area (Å²) in [7, 11) is -1.76. The largest absolute Gasteiger partial charge is 0.348 e. The number of nitrogens with zero attached hydrogens (tertiary/aromatic N) is 2. The van der Waals surface area contributed by atoms with Crippen LogP contribution in [0, 0.1) is 0 Å². The summed E-state index contributed by atoms with van der Waals surface area (Å²) in [5, 5.41) is 4.67. The Labute approximate surface area is 158 Å². The summed E-state index contributed by atoms with van der Waals surface area (Å²) in [5.41, 5.74) is 2.46. The Morgan fingerprint density at radius 2 is 1.89 bits per heavy atom. The fraction of sp³-hybridized carbons (Fsp3) is 0.368. The van der Waals surface area contributed by atoms with E-state index in [1.54, 1.807) is 43.9 Å². The van der Waals surface area contributed by atoms with Crippen LogP contribution in [0.25, 0.3) is 16.5 Å². The zero-order chi connectivity index (χ0) is 19.8. The third kappa shape index (κ3) is 3.68. The fourth-order valence-corrected chi connectivity index (χ4v) is 4.03. The smallest absolute Gasteiger partial charge is 0.258 e. The van der Waals surface area contributed by atoms with Gasteiger partial charge in [0.1, 0.15) is 0 Å². The lowest BCUT2D eigenvalue weighted by Gasteiger charge is -2.34. The van der Waals surface area contributed by atoms with Crippen molar-refractivity contribution in [1.82, 2.24) is 14.6 Å². The first-order valence-electron chi connectivity index (χ1n) is 8.86.